The lowest BCUT2D eigenvalue weighted by atomic mass is 10.00. The van der Waals surface area contributed by atoms with Gasteiger partial charge >= 0.3 is 0 Å². The van der Waals surface area contributed by atoms with Gasteiger partial charge in [-0.15, -0.1) is 0 Å². The molecule has 0 aliphatic heterocycles. The van der Waals surface area contributed by atoms with Gasteiger partial charge in [0.2, 0.25) is 7.29 Å². The van der Waals surface area contributed by atoms with E-state index < -0.39 is 7.29 Å². The maximum atomic E-state index is 14.4. The average Bonchev–Trinajstić information content (AvgIpc) is 2.79. The van der Waals surface area contributed by atoms with Crippen molar-refractivity contribution in [3.63, 3.8) is 0 Å². The molecule has 29 heavy (non-hydrogen) atoms. The van der Waals surface area contributed by atoms with Gasteiger partial charge in [-0.05, 0) is 36.2 Å². The number of hydrogen-bond donors (Lipinski definition) is 1. The lowest BCUT2D eigenvalue weighted by molar-refractivity contribution is -0.119. The summed E-state index contributed by atoms with van der Waals surface area (Å²) in [5, 5.41) is 4.91. The van der Waals surface area contributed by atoms with Crippen LogP contribution in [0.2, 0.25) is 0 Å². The molecule has 1 N–H and O–H groups in total. The third-order valence-electron chi connectivity index (χ3n) is 5.02. The predicted octanol–water partition coefficient (Wildman–Crippen LogP) is 5.40. The molecular weight excluding hydrogens is 377 g/mol. The Hall–Kier alpha value is -2.48. The molecule has 1 unspecified atom stereocenters. The van der Waals surface area contributed by atoms with Crippen molar-refractivity contribution in [3.8, 4) is 0 Å². The Morgan fingerprint density at radius 1 is 0.828 bits per heavy atom. The van der Waals surface area contributed by atoms with Crippen LogP contribution < -0.4 is 15.7 Å². The van der Waals surface area contributed by atoms with E-state index in [1.54, 1.807) is 0 Å². The van der Waals surface area contributed by atoms with E-state index in [1.807, 2.05) is 91.0 Å². The van der Waals surface area contributed by atoms with Crippen molar-refractivity contribution in [3.05, 3.63) is 96.6 Å². The molecule has 0 fully saturated rings. The Balaban J connectivity index is 1.99. The van der Waals surface area contributed by atoms with Crippen molar-refractivity contribution >= 4 is 23.7 Å². The first kappa shape index (κ1) is 21.2. The minimum absolute atomic E-state index is 0.195. The third-order valence-corrected chi connectivity index (χ3v) is 7.75. The number of carbonyl (C=O) groups is 1. The van der Waals surface area contributed by atoms with Gasteiger partial charge in [-0.25, -0.2) is 0 Å². The normalized spacial score (nSPS) is 12.4. The molecule has 0 saturated carbocycles. The molecule has 3 nitrogen and oxygen atoms in total. The van der Waals surface area contributed by atoms with E-state index >= 15 is 0 Å². The molecule has 4 heteroatoms. The summed E-state index contributed by atoms with van der Waals surface area (Å²) in [7, 11) is -3.13. The molecule has 0 aromatic heterocycles. The summed E-state index contributed by atoms with van der Waals surface area (Å²) < 4.78 is 14.4. The highest BCUT2D eigenvalue weighted by molar-refractivity contribution is 7.76. The van der Waals surface area contributed by atoms with Gasteiger partial charge < -0.3 is 0 Å². The number of ketones is 1. The van der Waals surface area contributed by atoms with Gasteiger partial charge in [0.1, 0.15) is 5.78 Å². The highest BCUT2D eigenvalue weighted by Crippen LogP contribution is 2.42. The summed E-state index contributed by atoms with van der Waals surface area (Å²) >= 11 is 0. The molecule has 0 amide bonds. The van der Waals surface area contributed by atoms with E-state index in [1.165, 1.54) is 0 Å². The second kappa shape index (κ2) is 10.3. The first-order valence-corrected chi connectivity index (χ1v) is 11.9. The topological polar surface area (TPSA) is 46.2 Å². The number of Topliss-reactive ketones (excluding diaryl/α,β-unsaturated/α-hetero) is 1. The van der Waals surface area contributed by atoms with Crippen molar-refractivity contribution in [1.82, 2.24) is 5.09 Å². The predicted molar refractivity (Wildman–Crippen MR) is 121 cm³/mol. The molecular formula is C25H28NO2P. The van der Waals surface area contributed by atoms with Gasteiger partial charge in [0.15, 0.2) is 0 Å². The maximum Gasteiger partial charge on any atom is 0.205 e. The molecule has 0 radical (unpaired) electrons. The van der Waals surface area contributed by atoms with Crippen molar-refractivity contribution in [2.24, 2.45) is 0 Å². The van der Waals surface area contributed by atoms with Gasteiger partial charge in [0.05, 0.1) is 0 Å². The number of benzene rings is 3. The van der Waals surface area contributed by atoms with Gasteiger partial charge in [-0.3, -0.25) is 14.4 Å². The zero-order valence-electron chi connectivity index (χ0n) is 16.8. The smallest absolute Gasteiger partial charge is 0.205 e. The molecule has 1 atom stereocenters. The van der Waals surface area contributed by atoms with Crippen molar-refractivity contribution in [2.45, 2.75) is 38.6 Å². The molecule has 0 bridgehead atoms. The van der Waals surface area contributed by atoms with Crippen LogP contribution in [-0.4, -0.2) is 5.78 Å². The fourth-order valence-electron chi connectivity index (χ4n) is 3.42. The van der Waals surface area contributed by atoms with E-state index in [-0.39, 0.29) is 11.8 Å². The van der Waals surface area contributed by atoms with E-state index in [9.17, 15) is 9.36 Å². The summed E-state index contributed by atoms with van der Waals surface area (Å²) in [4.78, 5) is 12.6. The Kier molecular flexibility index (Phi) is 7.57. The SMILES string of the molecule is CCCCC(=O)CC(NP(=O)(c1ccccc1)c1ccccc1)c1ccccc1. The van der Waals surface area contributed by atoms with Crippen LogP contribution in [-0.2, 0) is 9.36 Å². The highest BCUT2D eigenvalue weighted by Gasteiger charge is 2.31. The molecule has 0 saturated heterocycles. The van der Waals surface area contributed by atoms with Crippen LogP contribution in [0.1, 0.15) is 44.2 Å². The van der Waals surface area contributed by atoms with Gasteiger partial charge in [-0.2, -0.15) is 0 Å². The third kappa shape index (κ3) is 5.53. The highest BCUT2D eigenvalue weighted by atomic mass is 31.2. The van der Waals surface area contributed by atoms with E-state index in [0.29, 0.717) is 12.8 Å². The van der Waals surface area contributed by atoms with Crippen LogP contribution in [0.4, 0.5) is 0 Å². The molecule has 3 rings (SSSR count). The van der Waals surface area contributed by atoms with Crippen LogP contribution in [0.5, 0.6) is 0 Å². The largest absolute Gasteiger partial charge is 0.300 e. The Bertz CT molecular complexity index is 899. The van der Waals surface area contributed by atoms with Crippen molar-refractivity contribution in [2.75, 3.05) is 0 Å². The van der Waals surface area contributed by atoms with Crippen LogP contribution >= 0.6 is 7.29 Å². The fraction of sp³-hybridized carbons (Fsp3) is 0.240. The average molecular weight is 405 g/mol. The summed E-state index contributed by atoms with van der Waals surface area (Å²) in [5.41, 5.74) is 0.976. The van der Waals surface area contributed by atoms with Gasteiger partial charge in [-0.1, -0.05) is 80.1 Å². The second-order valence-corrected chi connectivity index (χ2v) is 9.73. The van der Waals surface area contributed by atoms with Crippen LogP contribution in [0.25, 0.3) is 0 Å². The van der Waals surface area contributed by atoms with Gasteiger partial charge in [0, 0.05) is 29.5 Å². The monoisotopic (exact) mass is 405 g/mol. The quantitative estimate of drug-likeness (QED) is 0.460. The van der Waals surface area contributed by atoms with Gasteiger partial charge in [0.25, 0.3) is 0 Å². The number of hydrogen-bond acceptors (Lipinski definition) is 2. The van der Waals surface area contributed by atoms with E-state index in [2.05, 4.69) is 12.0 Å². The summed E-state index contributed by atoms with van der Waals surface area (Å²) in [6.45, 7) is 2.08. The zero-order valence-corrected chi connectivity index (χ0v) is 17.7. The maximum absolute atomic E-state index is 14.4. The Labute approximate surface area is 173 Å². The van der Waals surface area contributed by atoms with Crippen molar-refractivity contribution in [1.29, 1.82) is 0 Å². The minimum atomic E-state index is -3.13. The molecule has 3 aromatic rings. The molecule has 150 valence electrons. The minimum Gasteiger partial charge on any atom is -0.300 e. The zero-order chi connectivity index (χ0) is 20.5. The van der Waals surface area contributed by atoms with Crippen LogP contribution in [0.3, 0.4) is 0 Å². The number of carbonyl (C=O) groups excluding carboxylic acids is 1. The van der Waals surface area contributed by atoms with Crippen LogP contribution in [0, 0.1) is 0 Å². The molecule has 0 spiro atoms. The fourth-order valence-corrected chi connectivity index (χ4v) is 5.88. The lowest BCUT2D eigenvalue weighted by Gasteiger charge is -2.27. The number of rotatable bonds is 10. The summed E-state index contributed by atoms with van der Waals surface area (Å²) in [6.07, 6.45) is 2.76. The van der Waals surface area contributed by atoms with Crippen molar-refractivity contribution < 1.29 is 9.36 Å². The molecule has 0 heterocycles. The first-order valence-electron chi connectivity index (χ1n) is 10.2. The van der Waals surface area contributed by atoms with E-state index in [0.717, 1.165) is 29.0 Å². The second-order valence-electron chi connectivity index (χ2n) is 7.22. The number of nitrogens with one attached hydrogen (secondary N) is 1. The standard InChI is InChI=1S/C25H28NO2P/c1-2-3-15-22(27)20-25(21-13-7-4-8-14-21)26-29(28,23-16-9-5-10-17-23)24-18-11-6-12-19-24/h4-14,16-19,25H,2-3,15,20H2,1H3,(H,26,28). The molecule has 0 aliphatic rings. The molecule has 0 aliphatic carbocycles. The Morgan fingerprint density at radius 2 is 1.31 bits per heavy atom. The Morgan fingerprint density at radius 3 is 1.79 bits per heavy atom. The van der Waals surface area contributed by atoms with Crippen LogP contribution in [0.15, 0.2) is 91.0 Å². The summed E-state index contributed by atoms with van der Waals surface area (Å²) in [5.74, 6) is 0.195. The number of unbranched alkanes of at least 4 members (excludes halogenated alkanes) is 1. The first-order chi connectivity index (χ1) is 14.1. The van der Waals surface area contributed by atoms with E-state index in [4.69, 9.17) is 0 Å². The summed E-state index contributed by atoms with van der Waals surface area (Å²) in [6, 6.07) is 28.5. The molecule has 3 aromatic carbocycles. The lowest BCUT2D eigenvalue weighted by Crippen LogP contribution is -2.31.